The second-order valence-corrected chi connectivity index (χ2v) is 6.23. The smallest absolute Gasteiger partial charge is 0.193 e. The molecule has 1 saturated heterocycles. The van der Waals surface area contributed by atoms with Crippen LogP contribution in [0.15, 0.2) is 17.8 Å². The Morgan fingerprint density at radius 1 is 1.53 bits per heavy atom. The Morgan fingerprint density at radius 3 is 3.26 bits per heavy atom. The molecule has 2 aromatic heterocycles. The van der Waals surface area contributed by atoms with Gasteiger partial charge in [0.05, 0.1) is 11.8 Å². The monoisotopic (exact) mass is 279 g/mol. The van der Waals surface area contributed by atoms with Crippen molar-refractivity contribution >= 4 is 16.3 Å². The fourth-order valence-corrected chi connectivity index (χ4v) is 3.40. The van der Waals surface area contributed by atoms with E-state index >= 15 is 0 Å². The van der Waals surface area contributed by atoms with Gasteiger partial charge in [-0.1, -0.05) is 0 Å². The summed E-state index contributed by atoms with van der Waals surface area (Å²) in [5.41, 5.74) is 7.31. The van der Waals surface area contributed by atoms with Crippen LogP contribution in [0.25, 0.3) is 4.96 Å². The molecule has 1 fully saturated rings. The van der Waals surface area contributed by atoms with Gasteiger partial charge in [-0.15, -0.1) is 11.3 Å². The van der Waals surface area contributed by atoms with Crippen LogP contribution in [0.1, 0.15) is 37.8 Å². The summed E-state index contributed by atoms with van der Waals surface area (Å²) in [7, 11) is 0. The normalized spacial score (nSPS) is 21.8. The topological polar surface area (TPSA) is 52.5 Å². The number of thiazole rings is 1. The summed E-state index contributed by atoms with van der Waals surface area (Å²) < 4.78 is 7.81. The highest BCUT2D eigenvalue weighted by Gasteiger charge is 2.16. The molecule has 104 valence electrons. The quantitative estimate of drug-likeness (QED) is 0.915. The van der Waals surface area contributed by atoms with Crippen molar-refractivity contribution in [3.8, 4) is 0 Å². The van der Waals surface area contributed by atoms with E-state index in [0.717, 1.165) is 36.5 Å². The molecule has 3 heterocycles. The van der Waals surface area contributed by atoms with E-state index in [0.29, 0.717) is 6.10 Å². The maximum atomic E-state index is 6.21. The van der Waals surface area contributed by atoms with Crippen molar-refractivity contribution in [1.29, 1.82) is 0 Å². The van der Waals surface area contributed by atoms with Gasteiger partial charge in [-0.2, -0.15) is 0 Å². The van der Waals surface area contributed by atoms with Crippen LogP contribution in [-0.2, 0) is 11.2 Å². The van der Waals surface area contributed by atoms with Crippen molar-refractivity contribution in [3.63, 3.8) is 0 Å². The molecule has 0 amide bonds. The lowest BCUT2D eigenvalue weighted by Crippen LogP contribution is -2.27. The number of imidazole rings is 1. The molecule has 2 aromatic rings. The number of ether oxygens (including phenoxy) is 1. The summed E-state index contributed by atoms with van der Waals surface area (Å²) in [5.74, 6) is 0. The number of fused-ring (bicyclic) bond motifs is 1. The van der Waals surface area contributed by atoms with Gasteiger partial charge in [0.2, 0.25) is 0 Å². The summed E-state index contributed by atoms with van der Waals surface area (Å²) in [6, 6.07) is 0.190. The first-order chi connectivity index (χ1) is 9.31. The number of nitrogens with two attached hydrogens (primary N) is 1. The minimum absolute atomic E-state index is 0.190. The van der Waals surface area contributed by atoms with E-state index in [4.69, 9.17) is 10.5 Å². The molecule has 3 rings (SSSR count). The molecule has 5 heteroatoms. The maximum absolute atomic E-state index is 6.21. The molecule has 2 N–H and O–H groups in total. The third-order valence-corrected chi connectivity index (χ3v) is 4.52. The van der Waals surface area contributed by atoms with Gasteiger partial charge in [0.1, 0.15) is 0 Å². The zero-order valence-electron chi connectivity index (χ0n) is 11.1. The summed E-state index contributed by atoms with van der Waals surface area (Å²) >= 11 is 1.66. The van der Waals surface area contributed by atoms with Crippen molar-refractivity contribution in [2.75, 3.05) is 6.61 Å². The minimum Gasteiger partial charge on any atom is -0.378 e. The van der Waals surface area contributed by atoms with Crippen LogP contribution in [0.3, 0.4) is 0 Å². The SMILES string of the molecule is NC(CCC1CCCCO1)Cc1cn2ccsc2n1. The van der Waals surface area contributed by atoms with Gasteiger partial charge in [-0.25, -0.2) is 4.98 Å². The zero-order chi connectivity index (χ0) is 13.1. The molecule has 4 nitrogen and oxygen atoms in total. The zero-order valence-corrected chi connectivity index (χ0v) is 11.9. The van der Waals surface area contributed by atoms with Gasteiger partial charge < -0.3 is 10.5 Å². The third kappa shape index (κ3) is 3.35. The molecule has 0 spiro atoms. The molecular weight excluding hydrogens is 258 g/mol. The molecule has 1 aliphatic heterocycles. The van der Waals surface area contributed by atoms with E-state index in [1.54, 1.807) is 11.3 Å². The molecule has 0 radical (unpaired) electrons. The molecule has 0 saturated carbocycles. The molecule has 2 atom stereocenters. The molecule has 0 aliphatic carbocycles. The highest BCUT2D eigenvalue weighted by Crippen LogP contribution is 2.19. The first-order valence-electron chi connectivity index (χ1n) is 7.09. The van der Waals surface area contributed by atoms with Crippen molar-refractivity contribution in [2.24, 2.45) is 5.73 Å². The molecule has 19 heavy (non-hydrogen) atoms. The van der Waals surface area contributed by atoms with Crippen LogP contribution in [0, 0.1) is 0 Å². The molecule has 0 bridgehead atoms. The van der Waals surface area contributed by atoms with Crippen molar-refractivity contribution in [2.45, 2.75) is 50.7 Å². The van der Waals surface area contributed by atoms with Gasteiger partial charge in [0, 0.05) is 36.8 Å². The Labute approximate surface area is 117 Å². The second kappa shape index (κ2) is 6.03. The van der Waals surface area contributed by atoms with Crippen LogP contribution in [-0.4, -0.2) is 28.1 Å². The summed E-state index contributed by atoms with van der Waals surface area (Å²) in [6.07, 6.45) is 11.3. The first kappa shape index (κ1) is 13.1. The summed E-state index contributed by atoms with van der Waals surface area (Å²) in [5, 5.41) is 2.05. The number of hydrogen-bond donors (Lipinski definition) is 1. The van der Waals surface area contributed by atoms with Crippen molar-refractivity contribution < 1.29 is 4.74 Å². The van der Waals surface area contributed by atoms with Gasteiger partial charge >= 0.3 is 0 Å². The molecule has 2 unspecified atom stereocenters. The number of hydrogen-bond acceptors (Lipinski definition) is 4. The average molecular weight is 279 g/mol. The molecule has 0 aromatic carbocycles. The Kier molecular flexibility index (Phi) is 4.15. The standard InChI is InChI=1S/C14H21N3OS/c15-11(4-5-13-3-1-2-7-18-13)9-12-10-17-6-8-19-14(17)16-12/h6,8,10-11,13H,1-5,7,9,15H2. The van der Waals surface area contributed by atoms with Crippen LogP contribution >= 0.6 is 11.3 Å². The summed E-state index contributed by atoms with van der Waals surface area (Å²) in [4.78, 5) is 5.63. The Hall–Kier alpha value is -0.910. The van der Waals surface area contributed by atoms with Crippen LogP contribution in [0.5, 0.6) is 0 Å². The summed E-state index contributed by atoms with van der Waals surface area (Å²) in [6.45, 7) is 0.928. The Bertz CT molecular complexity index is 487. The van der Waals surface area contributed by atoms with Crippen molar-refractivity contribution in [3.05, 3.63) is 23.5 Å². The van der Waals surface area contributed by atoms with Gasteiger partial charge in [-0.05, 0) is 32.1 Å². The molecular formula is C14H21N3OS. The van der Waals surface area contributed by atoms with E-state index < -0.39 is 0 Å². The lowest BCUT2D eigenvalue weighted by atomic mass is 10.00. The average Bonchev–Trinajstić information content (AvgIpc) is 2.98. The number of nitrogens with zero attached hydrogens (tertiary/aromatic N) is 2. The second-order valence-electron chi connectivity index (χ2n) is 5.36. The highest BCUT2D eigenvalue weighted by molar-refractivity contribution is 7.15. The van der Waals surface area contributed by atoms with E-state index in [9.17, 15) is 0 Å². The number of rotatable bonds is 5. The van der Waals surface area contributed by atoms with Crippen LogP contribution in [0.4, 0.5) is 0 Å². The molecule has 1 aliphatic rings. The fraction of sp³-hybridized carbons (Fsp3) is 0.643. The van der Waals surface area contributed by atoms with Gasteiger partial charge in [0.25, 0.3) is 0 Å². The predicted molar refractivity (Wildman–Crippen MR) is 77.6 cm³/mol. The first-order valence-corrected chi connectivity index (χ1v) is 7.97. The van der Waals surface area contributed by atoms with E-state index in [2.05, 4.69) is 15.6 Å². The third-order valence-electron chi connectivity index (χ3n) is 3.75. The lowest BCUT2D eigenvalue weighted by molar-refractivity contribution is 0.00914. The Morgan fingerprint density at radius 2 is 2.47 bits per heavy atom. The Balaban J connectivity index is 1.47. The van der Waals surface area contributed by atoms with Crippen LogP contribution < -0.4 is 5.73 Å². The van der Waals surface area contributed by atoms with E-state index in [1.807, 2.05) is 11.6 Å². The van der Waals surface area contributed by atoms with Gasteiger partial charge in [-0.3, -0.25) is 4.40 Å². The van der Waals surface area contributed by atoms with E-state index in [1.165, 1.54) is 19.3 Å². The van der Waals surface area contributed by atoms with Crippen molar-refractivity contribution in [1.82, 2.24) is 9.38 Å². The largest absolute Gasteiger partial charge is 0.378 e. The van der Waals surface area contributed by atoms with E-state index in [-0.39, 0.29) is 6.04 Å². The minimum atomic E-state index is 0.190. The maximum Gasteiger partial charge on any atom is 0.193 e. The predicted octanol–water partition coefficient (Wildman–Crippen LogP) is 2.61. The fourth-order valence-electron chi connectivity index (χ4n) is 2.68. The number of aromatic nitrogens is 2. The van der Waals surface area contributed by atoms with Gasteiger partial charge in [0.15, 0.2) is 4.96 Å². The highest BCUT2D eigenvalue weighted by atomic mass is 32.1. The lowest BCUT2D eigenvalue weighted by Gasteiger charge is -2.23. The van der Waals surface area contributed by atoms with Crippen LogP contribution in [0.2, 0.25) is 0 Å².